The van der Waals surface area contributed by atoms with Crippen LogP contribution in [0, 0.1) is 11.8 Å². The Balaban J connectivity index is 1.22. The number of nitrogens with zero attached hydrogens (tertiary/aromatic N) is 2. The number of carbonyl (C=O) groups excluding carboxylic acids is 2. The van der Waals surface area contributed by atoms with Crippen LogP contribution in [-0.4, -0.2) is 47.2 Å². The van der Waals surface area contributed by atoms with E-state index in [9.17, 15) is 5.11 Å². The summed E-state index contributed by atoms with van der Waals surface area (Å²) in [5, 5.41) is 16.6. The summed E-state index contributed by atoms with van der Waals surface area (Å²) in [6.45, 7) is 10.8. The quantitative estimate of drug-likeness (QED) is 0.123. The fourth-order valence-corrected chi connectivity index (χ4v) is 11.6. The van der Waals surface area contributed by atoms with E-state index in [-0.39, 0.29) is 71.3 Å². The zero-order valence-electron chi connectivity index (χ0n) is 37.2. The number of ether oxygens (including phenoxy) is 2. The summed E-state index contributed by atoms with van der Waals surface area (Å²) in [5.74, 6) is -4.42. The molecule has 4 aliphatic rings. The number of hydrogen-bond donors (Lipinski definition) is 2. The van der Waals surface area contributed by atoms with Gasteiger partial charge in [-0.1, -0.05) is 112 Å². The molecular weight excluding hydrogens is 852 g/mol. The van der Waals surface area contributed by atoms with Gasteiger partial charge in [0.15, 0.2) is 25.5 Å². The molecular formula is C51H54F3N3O7Si. The van der Waals surface area contributed by atoms with Gasteiger partial charge in [0.1, 0.15) is 30.3 Å². The van der Waals surface area contributed by atoms with Crippen molar-refractivity contribution in [3.05, 3.63) is 159 Å². The Hall–Kier alpha value is -5.54. The standard InChI is InChI=1S/C51H54F3N3O7Si/c1-49(2,3)65(4,5)64-50-36(43(55)45-41(47(50)60)48(56-63-45)62-29-32-20-13-8-14-21-32)25-33-24-35-40(44(58)39(33)46(50)59)38(61-28-31-18-11-7-12-19-31)26-34(42(35)51(52,53)54)37-22-15-23-57(37)27-30-16-9-6-10-17-30/h6-14,16-21,26,33,36-37,43,59H,15,22-25,27-29,55H2,1-5H3/t33-,36-,37?,43-,50-/m0/s1. The lowest BCUT2D eigenvalue weighted by Crippen LogP contribution is -2.64. The van der Waals surface area contributed by atoms with Crippen molar-refractivity contribution in [1.29, 1.82) is 0 Å². The lowest BCUT2D eigenvalue weighted by atomic mass is 9.58. The number of alkyl halides is 3. The van der Waals surface area contributed by atoms with Crippen LogP contribution in [0.4, 0.5) is 13.2 Å². The normalized spacial score (nSPS) is 23.5. The minimum atomic E-state index is -4.87. The average Bonchev–Trinajstić information content (AvgIpc) is 3.92. The van der Waals surface area contributed by atoms with E-state index in [1.165, 1.54) is 6.07 Å². The molecule has 65 heavy (non-hydrogen) atoms. The number of halogens is 3. The maximum Gasteiger partial charge on any atom is 0.417 e. The van der Waals surface area contributed by atoms with Crippen molar-refractivity contribution in [1.82, 2.24) is 10.1 Å². The van der Waals surface area contributed by atoms with Crippen LogP contribution >= 0.6 is 0 Å². The molecule has 340 valence electrons. The Morgan fingerprint density at radius 1 is 0.892 bits per heavy atom. The molecule has 1 aromatic heterocycles. The molecule has 0 amide bonds. The van der Waals surface area contributed by atoms with Crippen LogP contribution in [-0.2, 0) is 36.8 Å². The van der Waals surface area contributed by atoms with Gasteiger partial charge in [-0.2, -0.15) is 13.2 Å². The van der Waals surface area contributed by atoms with E-state index in [1.54, 1.807) is 0 Å². The summed E-state index contributed by atoms with van der Waals surface area (Å²) < 4.78 is 73.4. The van der Waals surface area contributed by atoms with E-state index >= 15 is 22.8 Å². The van der Waals surface area contributed by atoms with Crippen LogP contribution < -0.4 is 15.2 Å². The van der Waals surface area contributed by atoms with E-state index in [4.69, 9.17) is 24.2 Å². The van der Waals surface area contributed by atoms with E-state index in [0.717, 1.165) is 16.7 Å². The van der Waals surface area contributed by atoms with Crippen molar-refractivity contribution in [3.63, 3.8) is 0 Å². The number of carbonyl (C=O) groups is 2. The van der Waals surface area contributed by atoms with Crippen molar-refractivity contribution < 1.29 is 46.3 Å². The molecule has 3 N–H and O–H groups in total. The average molecular weight is 906 g/mol. The number of benzene rings is 4. The van der Waals surface area contributed by atoms with Gasteiger partial charge in [0.2, 0.25) is 5.78 Å². The second kappa shape index (κ2) is 16.7. The van der Waals surface area contributed by atoms with E-state index in [2.05, 4.69) is 10.1 Å². The van der Waals surface area contributed by atoms with Gasteiger partial charge >= 0.3 is 6.18 Å². The highest BCUT2D eigenvalue weighted by molar-refractivity contribution is 6.74. The number of aliphatic hydroxyl groups is 1. The molecule has 9 rings (SSSR count). The summed E-state index contributed by atoms with van der Waals surface area (Å²) in [6.07, 6.45) is -4.07. The first-order valence-electron chi connectivity index (χ1n) is 22.3. The lowest BCUT2D eigenvalue weighted by Gasteiger charge is -2.54. The molecule has 0 bridgehead atoms. The first kappa shape index (κ1) is 44.6. The van der Waals surface area contributed by atoms with Crippen molar-refractivity contribution in [3.8, 4) is 11.6 Å². The van der Waals surface area contributed by atoms with Crippen molar-refractivity contribution >= 4 is 19.9 Å². The summed E-state index contributed by atoms with van der Waals surface area (Å²) in [4.78, 5) is 33.0. The highest BCUT2D eigenvalue weighted by Crippen LogP contribution is 2.59. The van der Waals surface area contributed by atoms with Gasteiger partial charge in [-0.05, 0) is 95.3 Å². The monoisotopic (exact) mass is 905 g/mol. The highest BCUT2D eigenvalue weighted by atomic mass is 28.4. The van der Waals surface area contributed by atoms with Crippen LogP contribution in [0.15, 0.2) is 113 Å². The van der Waals surface area contributed by atoms with E-state index < -0.39 is 71.9 Å². The zero-order chi connectivity index (χ0) is 46.1. The number of fused-ring (bicyclic) bond motifs is 4. The molecule has 5 aromatic rings. The number of likely N-dealkylation sites (tertiary alicyclic amines) is 1. The molecule has 2 heterocycles. The smallest absolute Gasteiger partial charge is 0.417 e. The third kappa shape index (κ3) is 7.81. The molecule has 1 fully saturated rings. The van der Waals surface area contributed by atoms with Gasteiger partial charge in [-0.15, -0.1) is 0 Å². The maximum absolute atomic E-state index is 16.0. The van der Waals surface area contributed by atoms with Crippen LogP contribution in [0.1, 0.15) is 112 Å². The number of aliphatic hydroxyl groups excluding tert-OH is 1. The number of ketones is 2. The topological polar surface area (TPSA) is 137 Å². The van der Waals surface area contributed by atoms with Crippen LogP contribution in [0.3, 0.4) is 0 Å². The molecule has 0 radical (unpaired) electrons. The second-order valence-electron chi connectivity index (χ2n) is 19.4. The SMILES string of the molecule is CC(C)(C)[Si](C)(C)O[C@@]12C(=O)c3c(OCc4ccccc4)noc3[C@@H](N)[C@@H]1C[C@@H]1Cc3c(c(OCc4ccccc4)cc(C4CCCN4Cc4ccccc4)c3C(F)(F)F)C(=O)C1=C2O. The third-order valence-corrected chi connectivity index (χ3v) is 18.8. The number of nitrogens with two attached hydrogens (primary N) is 1. The molecule has 1 aliphatic heterocycles. The number of aromatic nitrogens is 1. The van der Waals surface area contributed by atoms with Crippen molar-refractivity contribution in [2.24, 2.45) is 17.6 Å². The van der Waals surface area contributed by atoms with Gasteiger partial charge in [-0.3, -0.25) is 14.5 Å². The van der Waals surface area contributed by atoms with Gasteiger partial charge < -0.3 is 29.3 Å². The Kier molecular flexibility index (Phi) is 11.5. The molecule has 0 spiro atoms. The third-order valence-electron chi connectivity index (χ3n) is 14.3. The molecule has 14 heteroatoms. The van der Waals surface area contributed by atoms with Gasteiger partial charge in [0.05, 0.1) is 17.2 Å². The number of rotatable bonds is 11. The molecule has 1 unspecified atom stereocenters. The van der Waals surface area contributed by atoms with Crippen molar-refractivity contribution in [2.75, 3.05) is 6.54 Å². The molecule has 3 aliphatic carbocycles. The predicted octanol–water partition coefficient (Wildman–Crippen LogP) is 11.0. The van der Waals surface area contributed by atoms with Gasteiger partial charge in [-0.25, -0.2) is 0 Å². The van der Waals surface area contributed by atoms with Crippen molar-refractivity contribution in [2.45, 2.75) is 108 Å². The highest BCUT2D eigenvalue weighted by Gasteiger charge is 2.66. The predicted molar refractivity (Wildman–Crippen MR) is 240 cm³/mol. The molecule has 5 atom stereocenters. The first-order chi connectivity index (χ1) is 30.9. The Morgan fingerprint density at radius 3 is 2.09 bits per heavy atom. The van der Waals surface area contributed by atoms with Gasteiger partial charge in [0.25, 0.3) is 5.88 Å². The summed E-state index contributed by atoms with van der Waals surface area (Å²) >= 11 is 0. The molecule has 0 saturated carbocycles. The molecule has 10 nitrogen and oxygen atoms in total. The Bertz CT molecular complexity index is 2650. The summed E-state index contributed by atoms with van der Waals surface area (Å²) in [6, 6.07) is 27.7. The van der Waals surface area contributed by atoms with Crippen LogP contribution in [0.2, 0.25) is 18.1 Å². The molecule has 1 saturated heterocycles. The fourth-order valence-electron chi connectivity index (χ4n) is 10.2. The van der Waals surface area contributed by atoms with Gasteiger partial charge in [0, 0.05) is 24.1 Å². The number of hydrogen-bond acceptors (Lipinski definition) is 10. The minimum Gasteiger partial charge on any atom is -0.508 e. The number of allylic oxidation sites excluding steroid dienone is 1. The maximum atomic E-state index is 16.0. The number of Topliss-reactive ketones (excluding diaryl/α,β-unsaturated/α-hetero) is 2. The first-order valence-corrected chi connectivity index (χ1v) is 25.2. The second-order valence-corrected chi connectivity index (χ2v) is 24.1. The Morgan fingerprint density at radius 2 is 1.49 bits per heavy atom. The van der Waals surface area contributed by atoms with E-state index in [1.807, 2.05) is 125 Å². The minimum absolute atomic E-state index is 0.0194. The van der Waals surface area contributed by atoms with E-state index in [0.29, 0.717) is 25.9 Å². The lowest BCUT2D eigenvalue weighted by molar-refractivity contribution is -0.139. The fraction of sp³-hybridized carbons (Fsp3) is 0.392. The summed E-state index contributed by atoms with van der Waals surface area (Å²) in [5.41, 5.74) is 5.79. The van der Waals surface area contributed by atoms with Crippen LogP contribution in [0.5, 0.6) is 11.6 Å². The largest absolute Gasteiger partial charge is 0.508 e. The Labute approximate surface area is 377 Å². The summed E-state index contributed by atoms with van der Waals surface area (Å²) in [7, 11) is -3.07. The zero-order valence-corrected chi connectivity index (χ0v) is 38.2. The molecule has 4 aromatic carbocycles. The van der Waals surface area contributed by atoms with Crippen LogP contribution in [0.25, 0.3) is 0 Å².